The van der Waals surface area contributed by atoms with E-state index in [2.05, 4.69) is 15.4 Å². The topological polar surface area (TPSA) is 105 Å². The van der Waals surface area contributed by atoms with Crippen LogP contribution in [0.25, 0.3) is 0 Å². The van der Waals surface area contributed by atoms with Crippen LogP contribution in [-0.4, -0.2) is 35.8 Å². The minimum atomic E-state index is -4.91. The molecule has 3 aromatic carbocycles. The molecule has 0 bridgehead atoms. The highest BCUT2D eigenvalue weighted by Crippen LogP contribution is 2.39. The molecule has 0 spiro atoms. The second kappa shape index (κ2) is 13.7. The van der Waals surface area contributed by atoms with E-state index in [-0.39, 0.29) is 24.2 Å². The number of rotatable bonds is 12. The van der Waals surface area contributed by atoms with Crippen molar-refractivity contribution in [3.05, 3.63) is 95.1 Å². The molecule has 2 amide bonds. The summed E-state index contributed by atoms with van der Waals surface area (Å²) < 4.78 is 69.7. The average molecular weight is 579 g/mol. The van der Waals surface area contributed by atoms with Gasteiger partial charge in [-0.2, -0.15) is 0 Å². The van der Waals surface area contributed by atoms with Gasteiger partial charge in [0.15, 0.2) is 0 Å². The van der Waals surface area contributed by atoms with Crippen molar-refractivity contribution < 1.29 is 46.2 Å². The predicted molar refractivity (Wildman–Crippen MR) is 140 cm³/mol. The first kappa shape index (κ1) is 31.1. The number of ether oxygens (including phenoxy) is 1. The van der Waals surface area contributed by atoms with Crippen molar-refractivity contribution in [3.8, 4) is 5.75 Å². The van der Waals surface area contributed by atoms with Crippen LogP contribution in [0.3, 0.4) is 0 Å². The number of carbonyl (C=O) groups excluding carboxylic acids is 2. The quantitative estimate of drug-likeness (QED) is 0.217. The summed E-state index contributed by atoms with van der Waals surface area (Å²) >= 11 is 0. The number of carboxylic acids is 1. The summed E-state index contributed by atoms with van der Waals surface area (Å²) in [5, 5.41) is 13.7. The molecule has 0 aliphatic rings. The van der Waals surface area contributed by atoms with E-state index in [0.717, 1.165) is 24.3 Å². The zero-order valence-corrected chi connectivity index (χ0v) is 21.8. The van der Waals surface area contributed by atoms with Crippen LogP contribution >= 0.6 is 0 Å². The van der Waals surface area contributed by atoms with Gasteiger partial charge in [0.1, 0.15) is 17.4 Å². The van der Waals surface area contributed by atoms with Gasteiger partial charge in [0.05, 0.1) is 18.0 Å². The van der Waals surface area contributed by atoms with E-state index in [0.29, 0.717) is 30.0 Å². The van der Waals surface area contributed by atoms with Crippen LogP contribution in [0.15, 0.2) is 66.7 Å². The van der Waals surface area contributed by atoms with Gasteiger partial charge in [-0.15, -0.1) is 13.2 Å². The lowest BCUT2D eigenvalue weighted by molar-refractivity contribution is -0.274. The molecule has 0 aliphatic carbocycles. The number of carbonyl (C=O) groups is 3. The van der Waals surface area contributed by atoms with Crippen molar-refractivity contribution in [2.45, 2.75) is 44.4 Å². The smallest absolute Gasteiger partial charge is 0.481 e. The fraction of sp³-hybridized carbons (Fsp3) is 0.276. The highest BCUT2D eigenvalue weighted by atomic mass is 19.4. The Hall–Kier alpha value is -4.48. The van der Waals surface area contributed by atoms with Gasteiger partial charge in [-0.05, 0) is 59.9 Å². The summed E-state index contributed by atoms with van der Waals surface area (Å²) in [4.78, 5) is 36.7. The fourth-order valence-corrected chi connectivity index (χ4v) is 4.35. The molecule has 3 rings (SSSR count). The van der Waals surface area contributed by atoms with E-state index in [1.54, 1.807) is 12.1 Å². The molecule has 218 valence electrons. The Morgan fingerprint density at radius 3 is 2.12 bits per heavy atom. The van der Waals surface area contributed by atoms with Crippen molar-refractivity contribution in [3.63, 3.8) is 0 Å². The lowest BCUT2D eigenvalue weighted by Crippen LogP contribution is -2.28. The van der Waals surface area contributed by atoms with Gasteiger partial charge in [-0.3, -0.25) is 14.4 Å². The van der Waals surface area contributed by atoms with Crippen molar-refractivity contribution in [2.24, 2.45) is 0 Å². The first-order valence-electron chi connectivity index (χ1n) is 12.6. The third-order valence-corrected chi connectivity index (χ3v) is 6.17. The van der Waals surface area contributed by atoms with Gasteiger partial charge in [-0.1, -0.05) is 37.6 Å². The Morgan fingerprint density at radius 1 is 0.927 bits per heavy atom. The zero-order chi connectivity index (χ0) is 30.2. The summed E-state index contributed by atoms with van der Waals surface area (Å²) in [7, 11) is 0. The Labute approximate surface area is 232 Å². The number of hydrogen-bond donors (Lipinski definition) is 3. The SMILES string of the molecule is CCC[C@@H](c1ccc(C(=O)NCCC(=O)O)cc1)[C@H](C(=O)Nc1ccc(F)cc1F)c1ccc(OC(F)(F)F)cc1. The van der Waals surface area contributed by atoms with Gasteiger partial charge in [0.25, 0.3) is 5.91 Å². The summed E-state index contributed by atoms with van der Waals surface area (Å²) in [6.45, 7) is 1.80. The Morgan fingerprint density at radius 2 is 1.56 bits per heavy atom. The van der Waals surface area contributed by atoms with Crippen molar-refractivity contribution >= 4 is 23.5 Å². The third-order valence-electron chi connectivity index (χ3n) is 6.17. The molecule has 0 aromatic heterocycles. The van der Waals surface area contributed by atoms with Crippen molar-refractivity contribution in [2.75, 3.05) is 11.9 Å². The minimum Gasteiger partial charge on any atom is -0.481 e. The number of alkyl halides is 3. The molecule has 12 heteroatoms. The van der Waals surface area contributed by atoms with Crippen LogP contribution in [0.2, 0.25) is 0 Å². The van der Waals surface area contributed by atoms with E-state index in [4.69, 9.17) is 5.11 Å². The average Bonchev–Trinajstić information content (AvgIpc) is 2.90. The molecule has 7 nitrogen and oxygen atoms in total. The summed E-state index contributed by atoms with van der Waals surface area (Å²) in [5.74, 6) is -6.18. The zero-order valence-electron chi connectivity index (χ0n) is 21.8. The Kier molecular flexibility index (Phi) is 10.4. The lowest BCUT2D eigenvalue weighted by Gasteiger charge is -2.28. The molecule has 0 fully saturated rings. The van der Waals surface area contributed by atoms with E-state index in [1.165, 1.54) is 24.3 Å². The maximum absolute atomic E-state index is 14.4. The second-order valence-corrected chi connectivity index (χ2v) is 9.12. The van der Waals surface area contributed by atoms with Gasteiger partial charge < -0.3 is 20.5 Å². The molecule has 3 aromatic rings. The van der Waals surface area contributed by atoms with E-state index < -0.39 is 53.4 Å². The van der Waals surface area contributed by atoms with Crippen LogP contribution in [0.5, 0.6) is 5.75 Å². The number of halogens is 5. The van der Waals surface area contributed by atoms with Crippen molar-refractivity contribution in [1.29, 1.82) is 0 Å². The Bertz CT molecular complexity index is 1360. The lowest BCUT2D eigenvalue weighted by atomic mass is 9.78. The number of aliphatic carboxylic acids is 1. The van der Waals surface area contributed by atoms with Crippen LogP contribution in [0.1, 0.15) is 59.5 Å². The number of hydrogen-bond acceptors (Lipinski definition) is 4. The molecule has 0 saturated heterocycles. The molecule has 41 heavy (non-hydrogen) atoms. The van der Waals surface area contributed by atoms with Gasteiger partial charge in [0, 0.05) is 18.2 Å². The largest absolute Gasteiger partial charge is 0.573 e. The molecular formula is C29H27F5N2O5. The molecule has 0 aliphatic heterocycles. The molecule has 0 saturated carbocycles. The second-order valence-electron chi connectivity index (χ2n) is 9.12. The highest BCUT2D eigenvalue weighted by Gasteiger charge is 2.33. The monoisotopic (exact) mass is 578 g/mol. The third kappa shape index (κ3) is 9.02. The molecule has 0 heterocycles. The number of benzene rings is 3. The summed E-state index contributed by atoms with van der Waals surface area (Å²) in [6, 6.07) is 13.6. The minimum absolute atomic E-state index is 0.0649. The van der Waals surface area contributed by atoms with Crippen LogP contribution in [0, 0.1) is 11.6 Å². The van der Waals surface area contributed by atoms with Gasteiger partial charge in [0.2, 0.25) is 5.91 Å². The first-order chi connectivity index (χ1) is 19.4. The normalized spacial score (nSPS) is 12.7. The number of carboxylic acid groups (broad SMARTS) is 1. The maximum atomic E-state index is 14.4. The number of amides is 2. The summed E-state index contributed by atoms with van der Waals surface area (Å²) in [6.07, 6.45) is -4.15. The van der Waals surface area contributed by atoms with Crippen LogP contribution < -0.4 is 15.4 Å². The maximum Gasteiger partial charge on any atom is 0.573 e. The molecule has 2 atom stereocenters. The van der Waals surface area contributed by atoms with Crippen LogP contribution in [-0.2, 0) is 9.59 Å². The predicted octanol–water partition coefficient (Wildman–Crippen LogP) is 6.37. The van der Waals surface area contributed by atoms with Gasteiger partial charge in [-0.25, -0.2) is 8.78 Å². The molecule has 3 N–H and O–H groups in total. The molecule has 0 unspecified atom stereocenters. The Balaban J connectivity index is 1.96. The van der Waals surface area contributed by atoms with E-state index in [1.807, 2.05) is 6.92 Å². The fourth-order valence-electron chi connectivity index (χ4n) is 4.35. The van der Waals surface area contributed by atoms with E-state index >= 15 is 0 Å². The van der Waals surface area contributed by atoms with E-state index in [9.17, 15) is 36.3 Å². The van der Waals surface area contributed by atoms with Gasteiger partial charge >= 0.3 is 12.3 Å². The number of anilines is 1. The summed E-state index contributed by atoms with van der Waals surface area (Å²) in [5.41, 5.74) is 0.900. The number of nitrogens with one attached hydrogen (secondary N) is 2. The molecular weight excluding hydrogens is 551 g/mol. The van der Waals surface area contributed by atoms with Crippen molar-refractivity contribution in [1.82, 2.24) is 5.32 Å². The van der Waals surface area contributed by atoms with Crippen LogP contribution in [0.4, 0.5) is 27.6 Å². The highest BCUT2D eigenvalue weighted by molar-refractivity contribution is 5.97. The standard InChI is InChI=1S/C29H27F5N2O5/c1-2-3-22(17-4-6-19(7-5-17)27(39)35-15-14-25(37)38)26(18-8-11-21(12-9-18)41-29(32,33)34)28(40)36-24-13-10-20(30)16-23(24)31/h4-13,16,22,26H,2-3,14-15H2,1H3,(H,35,39)(H,36,40)(H,37,38)/t22-,26+/m0/s1. The molecule has 0 radical (unpaired) electrons. The first-order valence-corrected chi connectivity index (χ1v) is 12.6.